The van der Waals surface area contributed by atoms with Crippen molar-refractivity contribution in [2.75, 3.05) is 57.3 Å². The highest BCUT2D eigenvalue weighted by molar-refractivity contribution is 7.85. The zero-order valence-corrected chi connectivity index (χ0v) is 21.7. The lowest BCUT2D eigenvalue weighted by molar-refractivity contribution is 0.0342. The number of rotatable bonds is 4. The molecule has 0 radical (unpaired) electrons. The summed E-state index contributed by atoms with van der Waals surface area (Å²) in [6.07, 6.45) is 3.23. The SMILES string of the molecule is CCOc1cc(CN2CCOCC2)cc2[nH]c(=O)c3c(c12)NCCC3.CS(=O)(=O)O.CS(=O)(=O)O. The first kappa shape index (κ1) is 29.0. The molecule has 35 heavy (non-hydrogen) atoms. The van der Waals surface area contributed by atoms with Crippen LogP contribution in [0.4, 0.5) is 5.69 Å². The second-order valence-electron chi connectivity index (χ2n) is 8.14. The van der Waals surface area contributed by atoms with E-state index in [1.165, 1.54) is 0 Å². The summed E-state index contributed by atoms with van der Waals surface area (Å²) in [4.78, 5) is 17.9. The maximum atomic E-state index is 12.5. The molecule has 1 aromatic heterocycles. The van der Waals surface area contributed by atoms with Crippen LogP contribution in [0, 0.1) is 0 Å². The maximum absolute atomic E-state index is 12.5. The van der Waals surface area contributed by atoms with Gasteiger partial charge in [0, 0.05) is 31.7 Å². The monoisotopic (exact) mass is 535 g/mol. The number of hydrogen-bond donors (Lipinski definition) is 4. The van der Waals surface area contributed by atoms with Crippen LogP contribution in [0.25, 0.3) is 10.9 Å². The summed E-state index contributed by atoms with van der Waals surface area (Å²) in [6.45, 7) is 7.75. The fourth-order valence-corrected chi connectivity index (χ4v) is 3.78. The summed E-state index contributed by atoms with van der Waals surface area (Å²) in [5.41, 5.74) is 3.82. The first-order valence-electron chi connectivity index (χ1n) is 11.0. The number of ether oxygens (including phenoxy) is 2. The van der Waals surface area contributed by atoms with Crippen LogP contribution in [0.5, 0.6) is 5.75 Å². The van der Waals surface area contributed by atoms with Gasteiger partial charge in [-0.15, -0.1) is 0 Å². The molecule has 1 fully saturated rings. The van der Waals surface area contributed by atoms with E-state index in [9.17, 15) is 21.6 Å². The molecular weight excluding hydrogens is 502 g/mol. The molecule has 4 N–H and O–H groups in total. The average molecular weight is 536 g/mol. The molecule has 0 atom stereocenters. The van der Waals surface area contributed by atoms with Crippen molar-refractivity contribution in [1.82, 2.24) is 9.88 Å². The molecule has 2 aromatic rings. The van der Waals surface area contributed by atoms with Gasteiger partial charge in [-0.05, 0) is 37.5 Å². The maximum Gasteiger partial charge on any atom is 0.261 e. The third-order valence-corrected chi connectivity index (χ3v) is 4.95. The number of aromatic nitrogens is 1. The molecule has 2 aliphatic heterocycles. The second-order valence-corrected chi connectivity index (χ2v) is 11.1. The smallest absolute Gasteiger partial charge is 0.261 e. The molecule has 0 aliphatic carbocycles. The van der Waals surface area contributed by atoms with Crippen molar-refractivity contribution in [2.45, 2.75) is 26.3 Å². The summed E-state index contributed by atoms with van der Waals surface area (Å²) < 4.78 is 63.1. The van der Waals surface area contributed by atoms with Gasteiger partial charge >= 0.3 is 0 Å². The lowest BCUT2D eigenvalue weighted by atomic mass is 9.99. The number of nitrogens with zero attached hydrogens (tertiary/aromatic N) is 1. The Morgan fingerprint density at radius 2 is 1.69 bits per heavy atom. The van der Waals surface area contributed by atoms with Crippen LogP contribution in [-0.4, -0.2) is 87.8 Å². The second kappa shape index (κ2) is 12.6. The van der Waals surface area contributed by atoms with Crippen molar-refractivity contribution >= 4 is 36.8 Å². The number of morpholine rings is 1. The van der Waals surface area contributed by atoms with Gasteiger partial charge in [-0.1, -0.05) is 0 Å². The standard InChI is InChI=1S/C19H25N3O3.2CH4O3S/c1-2-25-16-11-13(12-22-6-8-24-9-7-22)10-15-17(16)18-14(19(23)21-15)4-3-5-20-18;2*1-5(2,3)4/h10-11,20H,2-9,12H2,1H3,(H,21,23);2*1H3,(H,2,3,4). The van der Waals surface area contributed by atoms with Gasteiger partial charge in [0.15, 0.2) is 0 Å². The van der Waals surface area contributed by atoms with E-state index >= 15 is 0 Å². The first-order valence-corrected chi connectivity index (χ1v) is 14.7. The van der Waals surface area contributed by atoms with E-state index < -0.39 is 20.2 Å². The van der Waals surface area contributed by atoms with Crippen molar-refractivity contribution in [3.8, 4) is 5.75 Å². The van der Waals surface area contributed by atoms with Crippen LogP contribution in [0.3, 0.4) is 0 Å². The van der Waals surface area contributed by atoms with E-state index in [0.29, 0.717) is 19.1 Å². The summed E-state index contributed by atoms with van der Waals surface area (Å²) >= 11 is 0. The molecule has 0 spiro atoms. The molecule has 1 saturated heterocycles. The molecule has 0 bridgehead atoms. The number of fused-ring (bicyclic) bond motifs is 3. The van der Waals surface area contributed by atoms with Gasteiger partial charge in [-0.3, -0.25) is 18.8 Å². The van der Waals surface area contributed by atoms with Gasteiger partial charge in [-0.25, -0.2) is 0 Å². The van der Waals surface area contributed by atoms with E-state index in [2.05, 4.69) is 27.3 Å². The van der Waals surface area contributed by atoms with Gasteiger partial charge in [-0.2, -0.15) is 16.8 Å². The predicted octanol–water partition coefficient (Wildman–Crippen LogP) is 1.13. The topological polar surface area (TPSA) is 175 Å². The van der Waals surface area contributed by atoms with Crippen molar-refractivity contribution in [3.63, 3.8) is 0 Å². The molecule has 1 aromatic carbocycles. The minimum atomic E-state index is -3.67. The normalized spacial score (nSPS) is 16.1. The summed E-state index contributed by atoms with van der Waals surface area (Å²) in [5, 5.41) is 4.42. The van der Waals surface area contributed by atoms with Crippen LogP contribution in [0.1, 0.15) is 24.5 Å². The predicted molar refractivity (Wildman–Crippen MR) is 134 cm³/mol. The van der Waals surface area contributed by atoms with Crippen molar-refractivity contribution in [3.05, 3.63) is 33.6 Å². The number of pyridine rings is 1. The van der Waals surface area contributed by atoms with E-state index in [1.54, 1.807) is 0 Å². The van der Waals surface area contributed by atoms with Gasteiger partial charge < -0.3 is 19.8 Å². The third-order valence-electron chi connectivity index (χ3n) is 4.95. The number of benzene rings is 1. The van der Waals surface area contributed by atoms with Crippen LogP contribution in [0.2, 0.25) is 0 Å². The van der Waals surface area contributed by atoms with Crippen LogP contribution in [0.15, 0.2) is 16.9 Å². The van der Waals surface area contributed by atoms with E-state index in [0.717, 1.165) is 85.7 Å². The van der Waals surface area contributed by atoms with Gasteiger partial charge in [0.1, 0.15) is 5.75 Å². The zero-order chi connectivity index (χ0) is 26.2. The number of hydrogen-bond acceptors (Lipinski definition) is 9. The summed E-state index contributed by atoms with van der Waals surface area (Å²) in [7, 11) is -7.33. The minimum absolute atomic E-state index is 0.0145. The Balaban J connectivity index is 0.000000368. The number of nitrogens with one attached hydrogen (secondary N) is 2. The molecule has 14 heteroatoms. The van der Waals surface area contributed by atoms with Gasteiger partial charge in [0.05, 0.1) is 48.9 Å². The Labute approximate surface area is 205 Å². The molecule has 198 valence electrons. The Morgan fingerprint density at radius 3 is 2.26 bits per heavy atom. The van der Waals surface area contributed by atoms with Crippen molar-refractivity contribution in [2.24, 2.45) is 0 Å². The minimum Gasteiger partial charge on any atom is -0.493 e. The fourth-order valence-electron chi connectivity index (χ4n) is 3.78. The number of aromatic amines is 1. The van der Waals surface area contributed by atoms with Gasteiger partial charge in [0.25, 0.3) is 25.8 Å². The zero-order valence-electron chi connectivity index (χ0n) is 20.0. The fraction of sp³-hybridized carbons (Fsp3) is 0.571. The van der Waals surface area contributed by atoms with Crippen LogP contribution >= 0.6 is 0 Å². The molecule has 0 saturated carbocycles. The van der Waals surface area contributed by atoms with Gasteiger partial charge in [0.2, 0.25) is 0 Å². The molecule has 12 nitrogen and oxygen atoms in total. The molecule has 0 amide bonds. The first-order chi connectivity index (χ1) is 16.3. The van der Waals surface area contributed by atoms with E-state index in [-0.39, 0.29) is 5.56 Å². The highest BCUT2D eigenvalue weighted by Gasteiger charge is 2.20. The van der Waals surface area contributed by atoms with Crippen LogP contribution < -0.4 is 15.6 Å². The third kappa shape index (κ3) is 10.5. The Morgan fingerprint density at radius 1 is 1.09 bits per heavy atom. The molecule has 4 rings (SSSR count). The lowest BCUT2D eigenvalue weighted by Crippen LogP contribution is -2.35. The highest BCUT2D eigenvalue weighted by Crippen LogP contribution is 2.36. The average Bonchev–Trinajstić information content (AvgIpc) is 2.72. The Bertz CT molecular complexity index is 1220. The Kier molecular flexibility index (Phi) is 10.5. The molecule has 2 aliphatic rings. The number of H-pyrrole nitrogens is 1. The largest absolute Gasteiger partial charge is 0.493 e. The molecular formula is C21H33N3O9S2. The highest BCUT2D eigenvalue weighted by atomic mass is 32.2. The summed E-state index contributed by atoms with van der Waals surface area (Å²) in [6, 6.07) is 4.21. The summed E-state index contributed by atoms with van der Waals surface area (Å²) in [5.74, 6) is 0.852. The molecule has 0 unspecified atom stereocenters. The van der Waals surface area contributed by atoms with Crippen LogP contribution in [-0.2, 0) is 37.9 Å². The molecule has 3 heterocycles. The lowest BCUT2D eigenvalue weighted by Gasteiger charge is -2.27. The van der Waals surface area contributed by atoms with Crippen molar-refractivity contribution < 1.29 is 35.4 Å². The quantitative estimate of drug-likeness (QED) is 0.413. The Hall–Kier alpha value is -2.23. The number of anilines is 1. The van der Waals surface area contributed by atoms with E-state index in [4.69, 9.17) is 18.6 Å². The van der Waals surface area contributed by atoms with E-state index in [1.807, 2.05) is 6.92 Å². The van der Waals surface area contributed by atoms with Crippen molar-refractivity contribution in [1.29, 1.82) is 0 Å².